The quantitative estimate of drug-likeness (QED) is 0.663. The van der Waals surface area contributed by atoms with E-state index in [0.29, 0.717) is 31.2 Å². The van der Waals surface area contributed by atoms with Crippen LogP contribution < -0.4 is 40.0 Å². The second-order valence-electron chi connectivity index (χ2n) is 6.92. The molecule has 0 saturated heterocycles. The molecule has 1 aromatic carbocycles. The molecule has 0 aliphatic heterocycles. The molecule has 0 heterocycles. The van der Waals surface area contributed by atoms with E-state index in [1.54, 1.807) is 6.07 Å². The van der Waals surface area contributed by atoms with Crippen molar-refractivity contribution in [3.8, 4) is 0 Å². The van der Waals surface area contributed by atoms with E-state index in [1.165, 1.54) is 6.07 Å². The summed E-state index contributed by atoms with van der Waals surface area (Å²) in [4.78, 5) is 23.2. The number of hydrogen-bond acceptors (Lipinski definition) is 3. The molecule has 4 nitrogen and oxygen atoms in total. The van der Waals surface area contributed by atoms with Crippen LogP contribution >= 0.6 is 0 Å². The molecule has 0 radical (unpaired) electrons. The molecule has 2 saturated carbocycles. The molecular formula is C18H20F2NNaO3. The third-order valence-electron chi connectivity index (χ3n) is 5.60. The fourth-order valence-electron chi connectivity index (χ4n) is 3.99. The van der Waals surface area contributed by atoms with Gasteiger partial charge in [0.15, 0.2) is 11.6 Å². The number of aliphatic carboxylic acids is 1. The first-order valence-corrected chi connectivity index (χ1v) is 8.38. The van der Waals surface area contributed by atoms with Crippen molar-refractivity contribution in [2.45, 2.75) is 43.9 Å². The zero-order valence-electron chi connectivity index (χ0n) is 14.3. The molecule has 0 unspecified atom stereocenters. The summed E-state index contributed by atoms with van der Waals surface area (Å²) < 4.78 is 27.9. The van der Waals surface area contributed by atoms with Crippen molar-refractivity contribution in [3.63, 3.8) is 0 Å². The number of rotatable bonds is 5. The minimum absolute atomic E-state index is 0. The van der Waals surface area contributed by atoms with Crippen molar-refractivity contribution >= 4 is 11.9 Å². The van der Waals surface area contributed by atoms with E-state index in [4.69, 9.17) is 0 Å². The first-order valence-electron chi connectivity index (χ1n) is 8.38. The van der Waals surface area contributed by atoms with Gasteiger partial charge in [-0.15, -0.1) is 0 Å². The Balaban J connectivity index is 0.00000225. The molecule has 1 aromatic rings. The van der Waals surface area contributed by atoms with Gasteiger partial charge in [0, 0.05) is 29.8 Å². The van der Waals surface area contributed by atoms with Gasteiger partial charge >= 0.3 is 29.6 Å². The largest absolute Gasteiger partial charge is 1.00 e. The zero-order chi connectivity index (χ0) is 17.3. The summed E-state index contributed by atoms with van der Waals surface area (Å²) in [6.45, 7) is 0.197. The van der Waals surface area contributed by atoms with Gasteiger partial charge in [-0.05, 0) is 37.3 Å². The van der Waals surface area contributed by atoms with Gasteiger partial charge in [0.1, 0.15) is 0 Å². The van der Waals surface area contributed by atoms with Crippen LogP contribution in [0.5, 0.6) is 0 Å². The van der Waals surface area contributed by atoms with Crippen LogP contribution in [0.15, 0.2) is 18.2 Å². The van der Waals surface area contributed by atoms with E-state index in [2.05, 4.69) is 5.32 Å². The van der Waals surface area contributed by atoms with Crippen molar-refractivity contribution < 1.29 is 53.0 Å². The summed E-state index contributed by atoms with van der Waals surface area (Å²) in [5.74, 6) is -4.60. The Labute approximate surface area is 167 Å². The van der Waals surface area contributed by atoms with Crippen LogP contribution in [0.3, 0.4) is 0 Å². The third kappa shape index (κ3) is 3.91. The minimum Gasteiger partial charge on any atom is -0.550 e. The van der Waals surface area contributed by atoms with E-state index >= 15 is 0 Å². The molecule has 25 heavy (non-hydrogen) atoms. The van der Waals surface area contributed by atoms with E-state index in [1.807, 2.05) is 0 Å². The number of nitrogens with one attached hydrogen (secondary N) is 1. The van der Waals surface area contributed by atoms with Gasteiger partial charge in [-0.3, -0.25) is 4.79 Å². The Morgan fingerprint density at radius 3 is 2.36 bits per heavy atom. The average molecular weight is 359 g/mol. The van der Waals surface area contributed by atoms with Gasteiger partial charge in [-0.2, -0.15) is 0 Å². The summed E-state index contributed by atoms with van der Waals surface area (Å²) in [6, 6.07) is 4.13. The maximum Gasteiger partial charge on any atom is 1.00 e. The minimum atomic E-state index is -1.20. The molecule has 2 aliphatic carbocycles. The number of carboxylic acids is 1. The number of halogens is 2. The third-order valence-corrected chi connectivity index (χ3v) is 5.60. The Morgan fingerprint density at radius 2 is 1.80 bits per heavy atom. The Morgan fingerprint density at radius 1 is 1.16 bits per heavy atom. The molecule has 1 amide bonds. The van der Waals surface area contributed by atoms with Crippen molar-refractivity contribution in [2.75, 3.05) is 6.54 Å². The van der Waals surface area contributed by atoms with Gasteiger partial charge in [0.25, 0.3) is 0 Å². The molecule has 2 atom stereocenters. The summed E-state index contributed by atoms with van der Waals surface area (Å²) in [7, 11) is 0. The topological polar surface area (TPSA) is 69.2 Å². The molecule has 2 aliphatic rings. The smallest absolute Gasteiger partial charge is 0.550 e. The maximum absolute atomic E-state index is 14.3. The van der Waals surface area contributed by atoms with Crippen LogP contribution in [0.1, 0.15) is 44.1 Å². The van der Waals surface area contributed by atoms with Crippen LogP contribution in [0.2, 0.25) is 0 Å². The number of carboxylic acid groups (broad SMARTS) is 1. The van der Waals surface area contributed by atoms with Crippen LogP contribution in [0.25, 0.3) is 0 Å². The Bertz CT molecular complexity index is 662. The van der Waals surface area contributed by atoms with Crippen molar-refractivity contribution in [3.05, 3.63) is 35.4 Å². The maximum atomic E-state index is 14.3. The molecule has 130 valence electrons. The molecule has 2 fully saturated rings. The zero-order valence-corrected chi connectivity index (χ0v) is 16.3. The van der Waals surface area contributed by atoms with Crippen LogP contribution in [-0.4, -0.2) is 18.4 Å². The number of amides is 1. The molecule has 7 heteroatoms. The van der Waals surface area contributed by atoms with Crippen molar-refractivity contribution in [1.29, 1.82) is 0 Å². The normalized spacial score (nSPS) is 24.1. The molecular weight excluding hydrogens is 339 g/mol. The fourth-order valence-corrected chi connectivity index (χ4v) is 3.99. The van der Waals surface area contributed by atoms with Gasteiger partial charge in [0.2, 0.25) is 5.91 Å². The molecule has 0 bridgehead atoms. The predicted molar refractivity (Wildman–Crippen MR) is 80.7 cm³/mol. The van der Waals surface area contributed by atoms with Crippen molar-refractivity contribution in [1.82, 2.24) is 5.32 Å². The first-order chi connectivity index (χ1) is 11.4. The number of carbonyl (C=O) groups is 2. The second-order valence-corrected chi connectivity index (χ2v) is 6.92. The van der Waals surface area contributed by atoms with E-state index in [0.717, 1.165) is 18.9 Å². The van der Waals surface area contributed by atoms with E-state index < -0.39 is 34.9 Å². The summed E-state index contributed by atoms with van der Waals surface area (Å²) >= 11 is 0. The van der Waals surface area contributed by atoms with Crippen LogP contribution in [0, 0.1) is 23.5 Å². The number of hydrogen-bond donors (Lipinski definition) is 1. The Kier molecular flexibility index (Phi) is 6.62. The average Bonchev–Trinajstić information content (AvgIpc) is 2.96. The van der Waals surface area contributed by atoms with E-state index in [9.17, 15) is 23.5 Å². The Hall–Kier alpha value is -0.980. The number of carbonyl (C=O) groups excluding carboxylic acids is 2. The summed E-state index contributed by atoms with van der Waals surface area (Å²) in [5, 5.41) is 13.7. The molecule has 0 spiro atoms. The van der Waals surface area contributed by atoms with Crippen LogP contribution in [0.4, 0.5) is 8.78 Å². The van der Waals surface area contributed by atoms with Crippen molar-refractivity contribution in [2.24, 2.45) is 11.8 Å². The summed E-state index contributed by atoms with van der Waals surface area (Å²) in [6.07, 6.45) is 4.08. The SMILES string of the molecule is O=C(NCC1(c2cccc(F)c2F)CCCC1)[C@H]1CC[C@H]1C(=O)[O-].[Na+]. The second kappa shape index (κ2) is 8.14. The predicted octanol–water partition coefficient (Wildman–Crippen LogP) is -1.33. The molecule has 0 aromatic heterocycles. The summed E-state index contributed by atoms with van der Waals surface area (Å²) in [5.41, 5.74) is -0.326. The fraction of sp³-hybridized carbons (Fsp3) is 0.556. The van der Waals surface area contributed by atoms with Gasteiger partial charge in [-0.1, -0.05) is 25.0 Å². The van der Waals surface area contributed by atoms with Gasteiger partial charge < -0.3 is 15.2 Å². The van der Waals surface area contributed by atoms with E-state index in [-0.39, 0.29) is 42.0 Å². The molecule has 3 rings (SSSR count). The monoisotopic (exact) mass is 359 g/mol. The molecule has 1 N–H and O–H groups in total. The standard InChI is InChI=1S/C18H21F2NO3.Na/c19-14-5-3-4-13(15(14)20)18(8-1-2-9-18)10-21-16(22)11-6-7-12(11)17(23)24;/h3-5,11-12H,1-2,6-10H2,(H,21,22)(H,23,24);/q;+1/p-1/t11-,12+;/m0./s1. The first kappa shape index (κ1) is 20.3. The van der Waals surface area contributed by atoms with Gasteiger partial charge in [-0.25, -0.2) is 8.78 Å². The van der Waals surface area contributed by atoms with Gasteiger partial charge in [0.05, 0.1) is 0 Å². The number of benzene rings is 1. The van der Waals surface area contributed by atoms with Crippen LogP contribution in [-0.2, 0) is 15.0 Å².